The number of primary amides is 1. The number of hydrogen-bond donors (Lipinski definition) is 3. The van der Waals surface area contributed by atoms with Gasteiger partial charge in [-0.1, -0.05) is 30.3 Å². The number of ether oxygens (including phenoxy) is 2. The van der Waals surface area contributed by atoms with Gasteiger partial charge in [-0.25, -0.2) is 0 Å². The summed E-state index contributed by atoms with van der Waals surface area (Å²) in [7, 11) is 3.20. The number of nitrogens with zero attached hydrogens (tertiary/aromatic N) is 1. The summed E-state index contributed by atoms with van der Waals surface area (Å²) in [5, 5.41) is 9.79. The molecule has 0 spiro atoms. The highest BCUT2D eigenvalue weighted by Crippen LogP contribution is 2.36. The molecule has 0 aliphatic heterocycles. The van der Waals surface area contributed by atoms with Crippen molar-refractivity contribution < 1.29 is 14.3 Å². The van der Waals surface area contributed by atoms with Crippen LogP contribution in [0.25, 0.3) is 11.1 Å². The van der Waals surface area contributed by atoms with E-state index < -0.39 is 5.91 Å². The van der Waals surface area contributed by atoms with Gasteiger partial charge in [0.25, 0.3) is 5.91 Å². The number of aromatic nitrogens is 2. The monoisotopic (exact) mass is 352 g/mol. The minimum Gasteiger partial charge on any atom is -0.493 e. The smallest absolute Gasteiger partial charge is 0.254 e. The Bertz CT molecular complexity index is 906. The van der Waals surface area contributed by atoms with E-state index in [0.29, 0.717) is 29.4 Å². The van der Waals surface area contributed by atoms with Crippen molar-refractivity contribution in [1.29, 1.82) is 0 Å². The molecule has 0 saturated carbocycles. The number of amides is 1. The molecule has 0 aliphatic rings. The lowest BCUT2D eigenvalue weighted by molar-refractivity contribution is 0.100. The third-order valence-corrected chi connectivity index (χ3v) is 4.05. The highest BCUT2D eigenvalue weighted by Gasteiger charge is 2.15. The van der Waals surface area contributed by atoms with Gasteiger partial charge >= 0.3 is 0 Å². The number of methoxy groups -OCH3 is 2. The summed E-state index contributed by atoms with van der Waals surface area (Å²) in [6.45, 7) is 0.438. The molecule has 3 rings (SSSR count). The van der Waals surface area contributed by atoms with E-state index in [4.69, 9.17) is 15.2 Å². The Labute approximate surface area is 151 Å². The number of aromatic amines is 1. The molecule has 26 heavy (non-hydrogen) atoms. The zero-order chi connectivity index (χ0) is 18.5. The van der Waals surface area contributed by atoms with Gasteiger partial charge in [0.1, 0.15) is 11.4 Å². The lowest BCUT2D eigenvalue weighted by Crippen LogP contribution is -2.13. The van der Waals surface area contributed by atoms with Crippen molar-refractivity contribution in [2.75, 3.05) is 19.5 Å². The number of hydrogen-bond acceptors (Lipinski definition) is 5. The lowest BCUT2D eigenvalue weighted by atomic mass is 9.98. The molecule has 1 aromatic heterocycles. The highest BCUT2D eigenvalue weighted by atomic mass is 16.5. The van der Waals surface area contributed by atoms with Gasteiger partial charge in [0, 0.05) is 6.54 Å². The molecule has 0 unspecified atom stereocenters. The van der Waals surface area contributed by atoms with E-state index in [1.165, 1.54) is 6.20 Å². The normalized spacial score (nSPS) is 10.4. The van der Waals surface area contributed by atoms with Crippen molar-refractivity contribution in [3.8, 4) is 22.6 Å². The molecule has 0 radical (unpaired) electrons. The Balaban J connectivity index is 1.99. The minimum absolute atomic E-state index is 0.312. The number of nitrogens with two attached hydrogens (primary N) is 1. The molecule has 0 atom stereocenters. The second-order valence-electron chi connectivity index (χ2n) is 5.61. The van der Waals surface area contributed by atoms with E-state index in [1.54, 1.807) is 14.2 Å². The van der Waals surface area contributed by atoms with Crippen molar-refractivity contribution >= 4 is 11.7 Å². The summed E-state index contributed by atoms with van der Waals surface area (Å²) in [5.41, 5.74) is 8.68. The van der Waals surface area contributed by atoms with Gasteiger partial charge in [0.15, 0.2) is 11.5 Å². The summed E-state index contributed by atoms with van der Waals surface area (Å²) in [6, 6.07) is 13.8. The number of nitrogens with one attached hydrogen (secondary N) is 2. The molecule has 0 fully saturated rings. The third-order valence-electron chi connectivity index (χ3n) is 4.05. The maximum Gasteiger partial charge on any atom is 0.254 e. The van der Waals surface area contributed by atoms with E-state index in [-0.39, 0.29) is 0 Å². The van der Waals surface area contributed by atoms with E-state index in [1.807, 2.05) is 42.5 Å². The Morgan fingerprint density at radius 2 is 1.85 bits per heavy atom. The van der Waals surface area contributed by atoms with Crippen molar-refractivity contribution in [3.63, 3.8) is 0 Å². The second-order valence-corrected chi connectivity index (χ2v) is 5.61. The van der Waals surface area contributed by atoms with Crippen molar-refractivity contribution in [2.24, 2.45) is 5.73 Å². The van der Waals surface area contributed by atoms with Crippen LogP contribution in [0.1, 0.15) is 15.9 Å². The maximum absolute atomic E-state index is 11.5. The van der Waals surface area contributed by atoms with Crippen LogP contribution >= 0.6 is 0 Å². The molecule has 7 nitrogen and oxygen atoms in total. The minimum atomic E-state index is -0.545. The van der Waals surface area contributed by atoms with Crippen LogP contribution in [0.4, 0.5) is 5.82 Å². The van der Waals surface area contributed by atoms with Crippen molar-refractivity contribution in [2.45, 2.75) is 6.54 Å². The SMILES string of the molecule is COc1cc(CNc2[nH]ncc2C(N)=O)c(-c2ccccc2)cc1OC. The van der Waals surface area contributed by atoms with E-state index in [9.17, 15) is 4.79 Å². The summed E-state index contributed by atoms with van der Waals surface area (Å²) in [4.78, 5) is 11.5. The number of H-pyrrole nitrogens is 1. The largest absolute Gasteiger partial charge is 0.493 e. The van der Waals surface area contributed by atoms with Gasteiger partial charge < -0.3 is 20.5 Å². The molecular weight excluding hydrogens is 332 g/mol. The summed E-state index contributed by atoms with van der Waals surface area (Å²) < 4.78 is 10.9. The number of rotatable bonds is 7. The first-order valence-corrected chi connectivity index (χ1v) is 8.01. The summed E-state index contributed by atoms with van der Waals surface area (Å²) >= 11 is 0. The highest BCUT2D eigenvalue weighted by molar-refractivity contribution is 5.97. The quantitative estimate of drug-likeness (QED) is 0.607. The van der Waals surface area contributed by atoms with Crippen molar-refractivity contribution in [3.05, 3.63) is 59.8 Å². The van der Waals surface area contributed by atoms with Gasteiger partial charge in [-0.3, -0.25) is 9.89 Å². The molecule has 0 saturated heterocycles. The van der Waals surface area contributed by atoms with E-state index in [2.05, 4.69) is 15.5 Å². The maximum atomic E-state index is 11.5. The average molecular weight is 352 g/mol. The fourth-order valence-corrected chi connectivity index (χ4v) is 2.75. The van der Waals surface area contributed by atoms with Crippen molar-refractivity contribution in [1.82, 2.24) is 10.2 Å². The van der Waals surface area contributed by atoms with Crippen LogP contribution in [0.5, 0.6) is 11.5 Å². The van der Waals surface area contributed by atoms with Gasteiger partial charge in [-0.05, 0) is 28.8 Å². The molecule has 1 amide bonds. The molecule has 3 aromatic rings. The predicted molar refractivity (Wildman–Crippen MR) is 99.4 cm³/mol. The second kappa shape index (κ2) is 7.60. The van der Waals surface area contributed by atoms with Gasteiger partial charge in [-0.15, -0.1) is 0 Å². The van der Waals surface area contributed by atoms with Crippen LogP contribution in [0.15, 0.2) is 48.7 Å². The van der Waals surface area contributed by atoms with Gasteiger partial charge in [0.2, 0.25) is 0 Å². The van der Waals surface area contributed by atoms with E-state index >= 15 is 0 Å². The number of benzene rings is 2. The Morgan fingerprint density at radius 3 is 2.50 bits per heavy atom. The summed E-state index contributed by atoms with van der Waals surface area (Å²) in [6.07, 6.45) is 1.40. The lowest BCUT2D eigenvalue weighted by Gasteiger charge is -2.16. The van der Waals surface area contributed by atoms with Crippen LogP contribution in [0, 0.1) is 0 Å². The van der Waals surface area contributed by atoms with Crippen LogP contribution in [0.3, 0.4) is 0 Å². The molecule has 4 N–H and O–H groups in total. The van der Waals surface area contributed by atoms with Crippen LogP contribution < -0.4 is 20.5 Å². The number of carbonyl (C=O) groups is 1. The summed E-state index contributed by atoms with van der Waals surface area (Å²) in [5.74, 6) is 1.21. The van der Waals surface area contributed by atoms with E-state index in [0.717, 1.165) is 16.7 Å². The topological polar surface area (TPSA) is 102 Å². The number of carbonyl (C=O) groups excluding carboxylic acids is 1. The molecule has 7 heteroatoms. The zero-order valence-electron chi connectivity index (χ0n) is 14.6. The first-order valence-electron chi connectivity index (χ1n) is 8.01. The molecule has 134 valence electrons. The van der Waals surface area contributed by atoms with Crippen LogP contribution in [-0.2, 0) is 6.54 Å². The predicted octanol–water partition coefficient (Wildman–Crippen LogP) is 2.80. The Morgan fingerprint density at radius 1 is 1.15 bits per heavy atom. The average Bonchev–Trinajstić information content (AvgIpc) is 3.15. The molecular formula is C19H20N4O3. The Kier molecular flexibility index (Phi) is 5.07. The molecule has 0 bridgehead atoms. The van der Waals surface area contributed by atoms with Crippen LogP contribution in [-0.4, -0.2) is 30.3 Å². The molecule has 0 aliphatic carbocycles. The standard InChI is InChI=1S/C19H20N4O3/c1-25-16-8-13(10-21-19-15(18(20)24)11-22-23-19)14(9-17(16)26-2)12-6-4-3-5-7-12/h3-9,11H,10H2,1-2H3,(H2,20,24)(H2,21,22,23). The fourth-order valence-electron chi connectivity index (χ4n) is 2.75. The number of anilines is 1. The van der Waals surface area contributed by atoms with Gasteiger partial charge in [0.05, 0.1) is 20.4 Å². The first-order chi connectivity index (χ1) is 12.6. The van der Waals surface area contributed by atoms with Crippen LogP contribution in [0.2, 0.25) is 0 Å². The molecule has 1 heterocycles. The van der Waals surface area contributed by atoms with Gasteiger partial charge in [-0.2, -0.15) is 5.10 Å². The molecule has 2 aromatic carbocycles. The Hall–Kier alpha value is -3.48. The zero-order valence-corrected chi connectivity index (χ0v) is 14.6. The first kappa shape index (κ1) is 17.3. The third kappa shape index (κ3) is 3.46. The fraction of sp³-hybridized carbons (Fsp3) is 0.158.